The third-order valence-electron chi connectivity index (χ3n) is 9.57. The van der Waals surface area contributed by atoms with Crippen LogP contribution in [0, 0.1) is 28.6 Å². The molecule has 0 aromatic heterocycles. The van der Waals surface area contributed by atoms with Crippen LogP contribution in [0.1, 0.15) is 110 Å². The first kappa shape index (κ1) is 36.8. The summed E-state index contributed by atoms with van der Waals surface area (Å²) < 4.78 is 10.5. The lowest BCUT2D eigenvalue weighted by molar-refractivity contribution is -0.176. The maximum atomic E-state index is 14.0. The number of phenolic OH excluding ortho intramolecular Hbond substituents is 1. The van der Waals surface area contributed by atoms with Gasteiger partial charge in [-0.05, 0) is 87.3 Å². The number of esters is 2. The minimum absolute atomic E-state index is 0.00175. The summed E-state index contributed by atoms with van der Waals surface area (Å²) in [6.07, 6.45) is 0.306. The van der Waals surface area contributed by atoms with Crippen LogP contribution in [-0.2, 0) is 46.3 Å². The molecule has 1 aromatic rings. The highest BCUT2D eigenvalue weighted by Crippen LogP contribution is 2.53. The second-order valence-corrected chi connectivity index (χ2v) is 16.0. The maximum absolute atomic E-state index is 14.0. The van der Waals surface area contributed by atoms with Gasteiger partial charge < -0.3 is 29.9 Å². The number of hydrogen-bond donors (Lipinski definition) is 4. The number of Topliss-reactive ketones (excluding diaryl/α,β-unsaturated/α-hetero) is 3. The van der Waals surface area contributed by atoms with E-state index in [1.165, 1.54) is 0 Å². The van der Waals surface area contributed by atoms with Crippen molar-refractivity contribution in [2.45, 2.75) is 106 Å². The summed E-state index contributed by atoms with van der Waals surface area (Å²) in [7, 11) is 0. The second kappa shape index (κ2) is 12.8. The van der Waals surface area contributed by atoms with Crippen LogP contribution >= 0.6 is 0 Å². The van der Waals surface area contributed by atoms with Gasteiger partial charge in [0.25, 0.3) is 0 Å². The highest BCUT2D eigenvalue weighted by atomic mass is 16.7. The third-order valence-corrected chi connectivity index (χ3v) is 9.57. The number of allylic oxidation sites excluding steroid dienone is 1. The Morgan fingerprint density at radius 3 is 2.17 bits per heavy atom. The molecular formula is C37H48O11. The number of rotatable bonds is 8. The van der Waals surface area contributed by atoms with Crippen LogP contribution in [0.25, 0.3) is 5.76 Å². The molecule has 0 heterocycles. The molecule has 0 spiro atoms. The van der Waals surface area contributed by atoms with Crippen molar-refractivity contribution in [1.29, 1.82) is 0 Å². The highest BCUT2D eigenvalue weighted by Gasteiger charge is 2.60. The van der Waals surface area contributed by atoms with Gasteiger partial charge in [0.15, 0.2) is 17.2 Å². The zero-order valence-electron chi connectivity index (χ0n) is 29.3. The molecule has 0 amide bonds. The standard InChI is InChI=1S/C37H48O11/c1-17(2)23-13-20(10-21(15-35(4,5)6)33(44)47-16-48-34(45)36(7,8)9)29(40)28-24(23)12-19-11-22-14-25(39)26(18(3)38)31(42)37(22,46)32(43)27(19)30(28)41/h13,17,19,21-22,40-42,46H,10-12,14-16H2,1-9H3/t19-,21?,22+,37-/m0/s1. The number of aromatic hydroxyl groups is 1. The Labute approximate surface area is 281 Å². The molecule has 262 valence electrons. The first-order chi connectivity index (χ1) is 22.0. The number of phenols is 1. The van der Waals surface area contributed by atoms with Crippen molar-refractivity contribution in [1.82, 2.24) is 0 Å². The molecule has 0 aliphatic heterocycles. The van der Waals surface area contributed by atoms with E-state index in [4.69, 9.17) is 9.47 Å². The topological polar surface area (TPSA) is 185 Å². The number of aliphatic hydroxyl groups excluding tert-OH is 2. The van der Waals surface area contributed by atoms with E-state index in [1.807, 2.05) is 34.6 Å². The molecule has 11 nitrogen and oxygen atoms in total. The Kier molecular flexibility index (Phi) is 9.82. The number of ketones is 3. The lowest BCUT2D eigenvalue weighted by atomic mass is 9.58. The van der Waals surface area contributed by atoms with Crippen molar-refractivity contribution in [3.63, 3.8) is 0 Å². The van der Waals surface area contributed by atoms with Gasteiger partial charge in [0.1, 0.15) is 22.8 Å². The SMILES string of the molecule is CC(=O)C1=C(O)[C@]2(O)C(=O)C3=C(O)c4c(O)c(CC(CC(C)(C)C)C(=O)OCOC(=O)C(C)(C)C)cc(C(C)C)c4C[C@@H]3C[C@@H]2CC1=O. The summed E-state index contributed by atoms with van der Waals surface area (Å²) in [5, 5.41) is 46.0. The molecule has 0 bridgehead atoms. The van der Waals surface area contributed by atoms with Gasteiger partial charge in [0, 0.05) is 17.9 Å². The molecule has 1 fully saturated rings. The average Bonchev–Trinajstić information content (AvgIpc) is 2.94. The summed E-state index contributed by atoms with van der Waals surface area (Å²) >= 11 is 0. The Morgan fingerprint density at radius 2 is 1.62 bits per heavy atom. The normalized spacial score (nSPS) is 23.4. The van der Waals surface area contributed by atoms with E-state index in [9.17, 15) is 44.4 Å². The molecular weight excluding hydrogens is 620 g/mol. The fraction of sp³-hybridized carbons (Fsp3) is 0.595. The summed E-state index contributed by atoms with van der Waals surface area (Å²) in [5.74, 6) is -8.06. The predicted octanol–water partition coefficient (Wildman–Crippen LogP) is 5.34. The number of carbonyl (C=O) groups is 5. The largest absolute Gasteiger partial charge is 0.508 e. The van der Waals surface area contributed by atoms with Crippen LogP contribution < -0.4 is 0 Å². The quantitative estimate of drug-likeness (QED) is 0.159. The minimum atomic E-state index is -2.58. The van der Waals surface area contributed by atoms with Crippen LogP contribution in [0.3, 0.4) is 0 Å². The summed E-state index contributed by atoms with van der Waals surface area (Å²) in [5.41, 5.74) is -2.83. The van der Waals surface area contributed by atoms with Crippen LogP contribution in [0.15, 0.2) is 23.0 Å². The van der Waals surface area contributed by atoms with Crippen molar-refractivity contribution < 1.29 is 53.9 Å². The molecule has 3 aliphatic carbocycles. The number of benzene rings is 1. The number of fused-ring (bicyclic) bond motifs is 3. The molecule has 4 atom stereocenters. The number of carbonyl (C=O) groups excluding carboxylic acids is 5. The van der Waals surface area contributed by atoms with Gasteiger partial charge in [-0.1, -0.05) is 40.7 Å². The van der Waals surface area contributed by atoms with E-state index >= 15 is 0 Å². The van der Waals surface area contributed by atoms with E-state index in [0.717, 1.165) is 12.5 Å². The highest BCUT2D eigenvalue weighted by molar-refractivity contribution is 6.23. The first-order valence-electron chi connectivity index (χ1n) is 16.4. The summed E-state index contributed by atoms with van der Waals surface area (Å²) in [6, 6.07) is 1.79. The van der Waals surface area contributed by atoms with E-state index in [-0.39, 0.29) is 53.9 Å². The van der Waals surface area contributed by atoms with Gasteiger partial charge in [-0.2, -0.15) is 0 Å². The van der Waals surface area contributed by atoms with Crippen molar-refractivity contribution >= 4 is 35.0 Å². The molecule has 1 unspecified atom stereocenters. The molecule has 4 N–H and O–H groups in total. The lowest BCUT2D eigenvalue weighted by Gasteiger charge is -2.46. The summed E-state index contributed by atoms with van der Waals surface area (Å²) in [4.78, 5) is 64.5. The second-order valence-electron chi connectivity index (χ2n) is 16.0. The molecule has 0 radical (unpaired) electrons. The molecule has 1 saturated carbocycles. The monoisotopic (exact) mass is 668 g/mol. The fourth-order valence-electron chi connectivity index (χ4n) is 7.27. The third kappa shape index (κ3) is 6.66. The zero-order valence-corrected chi connectivity index (χ0v) is 29.3. The lowest BCUT2D eigenvalue weighted by Crippen LogP contribution is -2.57. The van der Waals surface area contributed by atoms with Gasteiger partial charge in [0.2, 0.25) is 12.6 Å². The number of ether oxygens (including phenoxy) is 2. The van der Waals surface area contributed by atoms with Gasteiger partial charge in [-0.3, -0.25) is 24.0 Å². The van der Waals surface area contributed by atoms with Crippen LogP contribution in [0.5, 0.6) is 5.75 Å². The maximum Gasteiger partial charge on any atom is 0.314 e. The van der Waals surface area contributed by atoms with Crippen LogP contribution in [0.2, 0.25) is 0 Å². The number of aliphatic hydroxyl groups is 3. The van der Waals surface area contributed by atoms with Gasteiger partial charge in [0.05, 0.1) is 16.9 Å². The Bertz CT molecular complexity index is 1630. The van der Waals surface area contributed by atoms with E-state index in [0.29, 0.717) is 17.5 Å². The molecule has 48 heavy (non-hydrogen) atoms. The molecule has 4 rings (SSSR count). The Hall–Kier alpha value is -3.99. The molecule has 0 saturated heterocycles. The van der Waals surface area contributed by atoms with Crippen LogP contribution in [0.4, 0.5) is 0 Å². The smallest absolute Gasteiger partial charge is 0.314 e. The van der Waals surface area contributed by atoms with Crippen molar-refractivity contribution in [2.24, 2.45) is 28.6 Å². The van der Waals surface area contributed by atoms with Gasteiger partial charge in [-0.25, -0.2) is 0 Å². The first-order valence-corrected chi connectivity index (χ1v) is 16.4. The average molecular weight is 669 g/mol. The Morgan fingerprint density at radius 1 is 1.00 bits per heavy atom. The Balaban J connectivity index is 1.78. The van der Waals surface area contributed by atoms with E-state index in [2.05, 4.69) is 0 Å². The van der Waals surface area contributed by atoms with E-state index < -0.39 is 81.9 Å². The molecule has 11 heteroatoms. The van der Waals surface area contributed by atoms with Crippen molar-refractivity contribution in [2.75, 3.05) is 6.79 Å². The fourth-order valence-corrected chi connectivity index (χ4v) is 7.27. The van der Waals surface area contributed by atoms with E-state index in [1.54, 1.807) is 26.8 Å². The van der Waals surface area contributed by atoms with Crippen LogP contribution in [-0.4, -0.2) is 62.1 Å². The number of hydrogen-bond acceptors (Lipinski definition) is 11. The zero-order chi connectivity index (χ0) is 36.3. The van der Waals surface area contributed by atoms with Crippen molar-refractivity contribution in [3.8, 4) is 5.75 Å². The van der Waals surface area contributed by atoms with Crippen molar-refractivity contribution in [3.05, 3.63) is 45.2 Å². The molecule has 1 aromatic carbocycles. The van der Waals surface area contributed by atoms with Gasteiger partial charge in [-0.15, -0.1) is 0 Å². The predicted molar refractivity (Wildman–Crippen MR) is 175 cm³/mol. The molecule has 3 aliphatic rings. The minimum Gasteiger partial charge on any atom is -0.508 e. The summed E-state index contributed by atoms with van der Waals surface area (Å²) in [6.45, 7) is 15.2. The van der Waals surface area contributed by atoms with Gasteiger partial charge >= 0.3 is 11.9 Å².